The molecule has 0 aliphatic heterocycles. The highest BCUT2D eigenvalue weighted by Gasteiger charge is 2.12. The number of carbonyl (C=O) groups excluding carboxylic acids is 2. The Labute approximate surface area is 169 Å². The van der Waals surface area contributed by atoms with Crippen LogP contribution in [0, 0.1) is 0 Å². The molecule has 0 spiro atoms. The summed E-state index contributed by atoms with van der Waals surface area (Å²) in [6, 6.07) is 13.7. The second-order valence-corrected chi connectivity index (χ2v) is 6.35. The standard InChI is InChI=1S/C21H26N2O6/c1-16(24)29-23(15-18-7-3-5-9-20(18)26)12-11-22-14-21(27)28-13-10-17-6-2-4-8-19(17)25/h2-9,22,25-26H,10-15H2,1H3. The number of rotatable bonds is 11. The van der Waals surface area contributed by atoms with Gasteiger partial charge in [-0.15, -0.1) is 5.06 Å². The smallest absolute Gasteiger partial charge is 0.322 e. The van der Waals surface area contributed by atoms with Crippen LogP contribution in [0.25, 0.3) is 0 Å². The van der Waals surface area contributed by atoms with Crippen molar-refractivity contribution in [2.75, 3.05) is 26.2 Å². The predicted molar refractivity (Wildman–Crippen MR) is 106 cm³/mol. The molecule has 29 heavy (non-hydrogen) atoms. The molecule has 8 nitrogen and oxygen atoms in total. The minimum Gasteiger partial charge on any atom is -0.508 e. The summed E-state index contributed by atoms with van der Waals surface area (Å²) in [5, 5.41) is 23.9. The number of benzene rings is 2. The van der Waals surface area contributed by atoms with Gasteiger partial charge in [0.25, 0.3) is 0 Å². The van der Waals surface area contributed by atoms with Crippen LogP contribution in [0.4, 0.5) is 0 Å². The van der Waals surface area contributed by atoms with Crippen LogP contribution in [0.2, 0.25) is 0 Å². The van der Waals surface area contributed by atoms with E-state index >= 15 is 0 Å². The third kappa shape index (κ3) is 8.20. The maximum Gasteiger partial charge on any atom is 0.322 e. The molecule has 0 atom stereocenters. The molecule has 8 heteroatoms. The van der Waals surface area contributed by atoms with Crippen molar-refractivity contribution in [3.8, 4) is 11.5 Å². The zero-order valence-corrected chi connectivity index (χ0v) is 16.3. The van der Waals surface area contributed by atoms with Crippen molar-refractivity contribution in [2.24, 2.45) is 0 Å². The van der Waals surface area contributed by atoms with E-state index in [1.54, 1.807) is 42.5 Å². The number of nitrogens with one attached hydrogen (secondary N) is 1. The molecule has 0 bridgehead atoms. The summed E-state index contributed by atoms with van der Waals surface area (Å²) < 4.78 is 5.14. The fourth-order valence-electron chi connectivity index (χ4n) is 2.62. The van der Waals surface area contributed by atoms with Gasteiger partial charge < -0.3 is 25.1 Å². The summed E-state index contributed by atoms with van der Waals surface area (Å²) in [5.41, 5.74) is 1.34. The van der Waals surface area contributed by atoms with Gasteiger partial charge in [0.2, 0.25) is 0 Å². The Hall–Kier alpha value is -3.10. The summed E-state index contributed by atoms with van der Waals surface area (Å²) in [6.45, 7) is 2.39. The van der Waals surface area contributed by atoms with Crippen LogP contribution >= 0.6 is 0 Å². The number of esters is 1. The third-order valence-electron chi connectivity index (χ3n) is 4.03. The average Bonchev–Trinajstić information content (AvgIpc) is 2.68. The van der Waals surface area contributed by atoms with E-state index in [9.17, 15) is 19.8 Å². The van der Waals surface area contributed by atoms with Crippen molar-refractivity contribution in [2.45, 2.75) is 19.9 Å². The highest BCUT2D eigenvalue weighted by Crippen LogP contribution is 2.18. The Kier molecular flexibility index (Phi) is 8.94. The van der Waals surface area contributed by atoms with Crippen LogP contribution in [0.1, 0.15) is 18.1 Å². The van der Waals surface area contributed by atoms with Gasteiger partial charge in [0.15, 0.2) is 0 Å². The molecule has 0 aliphatic carbocycles. The zero-order valence-electron chi connectivity index (χ0n) is 16.3. The normalized spacial score (nSPS) is 10.7. The maximum atomic E-state index is 11.8. The minimum absolute atomic E-state index is 0.00523. The Balaban J connectivity index is 1.69. The molecule has 2 rings (SSSR count). The van der Waals surface area contributed by atoms with E-state index in [-0.39, 0.29) is 31.2 Å². The van der Waals surface area contributed by atoms with Gasteiger partial charge >= 0.3 is 11.9 Å². The molecule has 0 amide bonds. The Morgan fingerprint density at radius 2 is 1.62 bits per heavy atom. The quantitative estimate of drug-likeness (QED) is 0.296. The first kappa shape index (κ1) is 22.2. The number of nitrogens with zero attached hydrogens (tertiary/aromatic N) is 1. The fraction of sp³-hybridized carbons (Fsp3) is 0.333. The van der Waals surface area contributed by atoms with Gasteiger partial charge in [0, 0.05) is 32.0 Å². The lowest BCUT2D eigenvalue weighted by atomic mass is 10.1. The fourth-order valence-corrected chi connectivity index (χ4v) is 2.62. The number of hydrogen-bond acceptors (Lipinski definition) is 8. The molecule has 0 radical (unpaired) electrons. The molecule has 0 saturated carbocycles. The summed E-state index contributed by atoms with van der Waals surface area (Å²) in [6.07, 6.45) is 0.430. The molecule has 156 valence electrons. The maximum absolute atomic E-state index is 11.8. The van der Waals surface area contributed by atoms with E-state index in [1.807, 2.05) is 6.07 Å². The molecular weight excluding hydrogens is 376 g/mol. The topological polar surface area (TPSA) is 108 Å². The largest absolute Gasteiger partial charge is 0.508 e. The minimum atomic E-state index is -0.469. The molecule has 0 unspecified atom stereocenters. The van der Waals surface area contributed by atoms with Gasteiger partial charge in [-0.1, -0.05) is 36.4 Å². The molecular formula is C21H26N2O6. The van der Waals surface area contributed by atoms with E-state index in [0.717, 1.165) is 5.56 Å². The molecule has 2 aromatic carbocycles. The van der Waals surface area contributed by atoms with E-state index in [0.29, 0.717) is 25.1 Å². The molecule has 0 fully saturated rings. The molecule has 2 aromatic rings. The summed E-state index contributed by atoms with van der Waals surface area (Å²) >= 11 is 0. The van der Waals surface area contributed by atoms with Crippen molar-refractivity contribution in [1.82, 2.24) is 10.4 Å². The van der Waals surface area contributed by atoms with Crippen LogP contribution in [0.5, 0.6) is 11.5 Å². The number of phenolic OH excluding ortho intramolecular Hbond substituents is 2. The summed E-state index contributed by atoms with van der Waals surface area (Å²) in [4.78, 5) is 28.2. The second-order valence-electron chi connectivity index (χ2n) is 6.35. The molecule has 0 aliphatic rings. The van der Waals surface area contributed by atoms with Gasteiger partial charge in [-0.2, -0.15) is 0 Å². The van der Waals surface area contributed by atoms with Crippen LogP contribution in [-0.2, 0) is 32.1 Å². The number of ether oxygens (including phenoxy) is 1. The predicted octanol–water partition coefficient (Wildman–Crippen LogP) is 1.75. The second kappa shape index (κ2) is 11.7. The van der Waals surface area contributed by atoms with Crippen molar-refractivity contribution >= 4 is 11.9 Å². The van der Waals surface area contributed by atoms with Crippen LogP contribution in [-0.4, -0.2) is 53.5 Å². The molecule has 0 saturated heterocycles. The van der Waals surface area contributed by atoms with Crippen LogP contribution < -0.4 is 5.32 Å². The van der Waals surface area contributed by atoms with Gasteiger partial charge in [0.1, 0.15) is 11.5 Å². The highest BCUT2D eigenvalue weighted by atomic mass is 16.7. The number of aromatic hydroxyl groups is 2. The van der Waals surface area contributed by atoms with Crippen molar-refractivity contribution in [3.63, 3.8) is 0 Å². The zero-order chi connectivity index (χ0) is 21.1. The summed E-state index contributed by atoms with van der Waals surface area (Å²) in [7, 11) is 0. The SMILES string of the molecule is CC(=O)ON(CCNCC(=O)OCCc1ccccc1O)Cc1ccccc1O. The van der Waals surface area contributed by atoms with Crippen LogP contribution in [0.15, 0.2) is 48.5 Å². The van der Waals surface area contributed by atoms with Crippen molar-refractivity contribution in [3.05, 3.63) is 59.7 Å². The first-order valence-electron chi connectivity index (χ1n) is 9.29. The number of hydrogen-bond donors (Lipinski definition) is 3. The van der Waals surface area contributed by atoms with E-state index in [2.05, 4.69) is 5.32 Å². The molecule has 3 N–H and O–H groups in total. The summed E-state index contributed by atoms with van der Waals surface area (Å²) in [5.74, 6) is -0.591. The lowest BCUT2D eigenvalue weighted by Crippen LogP contribution is -2.35. The number of hydroxylamine groups is 2. The highest BCUT2D eigenvalue weighted by molar-refractivity contribution is 5.71. The lowest BCUT2D eigenvalue weighted by molar-refractivity contribution is -0.190. The average molecular weight is 402 g/mol. The molecule has 0 aromatic heterocycles. The number of para-hydroxylation sites is 2. The van der Waals surface area contributed by atoms with Crippen molar-refractivity contribution in [1.29, 1.82) is 0 Å². The number of carbonyl (C=O) groups is 2. The monoisotopic (exact) mass is 402 g/mol. The Morgan fingerprint density at radius 1 is 1.00 bits per heavy atom. The van der Waals surface area contributed by atoms with Gasteiger partial charge in [-0.25, -0.2) is 0 Å². The first-order chi connectivity index (χ1) is 14.0. The van der Waals surface area contributed by atoms with E-state index in [4.69, 9.17) is 9.57 Å². The van der Waals surface area contributed by atoms with E-state index < -0.39 is 11.9 Å². The Bertz CT molecular complexity index is 811. The Morgan fingerprint density at radius 3 is 2.24 bits per heavy atom. The van der Waals surface area contributed by atoms with E-state index in [1.165, 1.54) is 12.0 Å². The van der Waals surface area contributed by atoms with Gasteiger partial charge in [0.05, 0.1) is 19.7 Å². The third-order valence-corrected chi connectivity index (χ3v) is 4.03. The van der Waals surface area contributed by atoms with Gasteiger partial charge in [-0.3, -0.25) is 9.59 Å². The van der Waals surface area contributed by atoms with Crippen LogP contribution in [0.3, 0.4) is 0 Å². The van der Waals surface area contributed by atoms with Gasteiger partial charge in [-0.05, 0) is 17.7 Å². The lowest BCUT2D eigenvalue weighted by Gasteiger charge is -2.21. The molecule has 0 heterocycles. The first-order valence-corrected chi connectivity index (χ1v) is 9.29. The number of phenols is 2. The van der Waals surface area contributed by atoms with Crippen molar-refractivity contribution < 1.29 is 29.4 Å².